The van der Waals surface area contributed by atoms with Gasteiger partial charge in [0, 0.05) is 22.5 Å². The molecule has 42 heavy (non-hydrogen) atoms. The minimum atomic E-state index is -5.61. The van der Waals surface area contributed by atoms with E-state index in [1.165, 1.54) is 11.1 Å². The number of halogens is 5. The first-order valence-corrected chi connectivity index (χ1v) is 15.7. The molecule has 234 valence electrons. The van der Waals surface area contributed by atoms with Crippen molar-refractivity contribution >= 4 is 17.7 Å². The summed E-state index contributed by atoms with van der Waals surface area (Å²) in [6, 6.07) is 13.0. The van der Waals surface area contributed by atoms with Gasteiger partial charge in [-0.2, -0.15) is 22.0 Å². The van der Waals surface area contributed by atoms with Crippen molar-refractivity contribution in [3.8, 4) is 11.5 Å². The topological polar surface area (TPSA) is 77.8 Å². The van der Waals surface area contributed by atoms with Gasteiger partial charge in [-0.1, -0.05) is 70.1 Å². The molecular formula is C32H41F5O4S. The molecule has 0 unspecified atom stereocenters. The smallest absolute Gasteiger partial charge is 0.453 e. The lowest BCUT2D eigenvalue weighted by Crippen LogP contribution is -2.36. The van der Waals surface area contributed by atoms with E-state index >= 15 is 0 Å². The largest absolute Gasteiger partial charge is 0.508 e. The van der Waals surface area contributed by atoms with E-state index in [1.807, 2.05) is 24.3 Å². The highest BCUT2D eigenvalue weighted by atomic mass is 32.2. The van der Waals surface area contributed by atoms with Crippen molar-refractivity contribution in [2.75, 3.05) is 5.75 Å². The minimum absolute atomic E-state index is 0.133. The van der Waals surface area contributed by atoms with Gasteiger partial charge in [-0.3, -0.25) is 4.79 Å². The number of benzene rings is 2. The molecule has 3 rings (SSSR count). The van der Waals surface area contributed by atoms with Crippen LogP contribution in [0.2, 0.25) is 0 Å². The van der Waals surface area contributed by atoms with Crippen LogP contribution in [0.15, 0.2) is 47.4 Å². The number of phenolic OH excluding ortho intramolecular Hbond substituents is 2. The number of carboxylic acid groups (broad SMARTS) is 1. The van der Waals surface area contributed by atoms with E-state index in [9.17, 15) is 42.1 Å². The highest BCUT2D eigenvalue weighted by Gasteiger charge is 2.56. The van der Waals surface area contributed by atoms with Gasteiger partial charge in [0.1, 0.15) is 11.5 Å². The van der Waals surface area contributed by atoms with E-state index in [1.54, 1.807) is 30.0 Å². The molecule has 0 fully saturated rings. The third-order valence-electron chi connectivity index (χ3n) is 8.55. The SMILES string of the molecule is C[C@]1(c2ccc(O)cc2)CSc2cc(O)ccc2[C@H]1CCCCCCCCC[C@H](CCCC(F)(F)C(F)(F)F)C(=O)O. The summed E-state index contributed by atoms with van der Waals surface area (Å²) < 4.78 is 63.1. The van der Waals surface area contributed by atoms with Gasteiger partial charge in [0.25, 0.3) is 0 Å². The number of hydrogen-bond donors (Lipinski definition) is 3. The predicted molar refractivity (Wildman–Crippen MR) is 155 cm³/mol. The predicted octanol–water partition coefficient (Wildman–Crippen LogP) is 9.82. The van der Waals surface area contributed by atoms with Gasteiger partial charge in [-0.25, -0.2) is 0 Å². The monoisotopic (exact) mass is 616 g/mol. The molecule has 0 amide bonds. The summed E-state index contributed by atoms with van der Waals surface area (Å²) >= 11 is 1.74. The van der Waals surface area contributed by atoms with Crippen molar-refractivity contribution in [3.63, 3.8) is 0 Å². The number of thioether (sulfide) groups is 1. The first-order chi connectivity index (χ1) is 19.7. The third kappa shape index (κ3) is 9.01. The van der Waals surface area contributed by atoms with Crippen molar-refractivity contribution in [2.24, 2.45) is 5.92 Å². The van der Waals surface area contributed by atoms with Crippen LogP contribution < -0.4 is 0 Å². The van der Waals surface area contributed by atoms with Crippen LogP contribution in [0.4, 0.5) is 22.0 Å². The lowest BCUT2D eigenvalue weighted by Gasteiger charge is -2.43. The number of phenols is 2. The molecule has 2 aromatic rings. The summed E-state index contributed by atoms with van der Waals surface area (Å²) in [4.78, 5) is 12.5. The van der Waals surface area contributed by atoms with Crippen LogP contribution in [0.3, 0.4) is 0 Å². The average Bonchev–Trinajstić information content (AvgIpc) is 2.91. The number of aromatic hydroxyl groups is 2. The van der Waals surface area contributed by atoms with E-state index in [-0.39, 0.29) is 35.7 Å². The van der Waals surface area contributed by atoms with E-state index in [2.05, 4.69) is 6.92 Å². The van der Waals surface area contributed by atoms with Crippen LogP contribution in [0.25, 0.3) is 0 Å². The van der Waals surface area contributed by atoms with Gasteiger partial charge in [-0.15, -0.1) is 11.8 Å². The maximum atomic E-state index is 13.1. The Morgan fingerprint density at radius 2 is 1.45 bits per heavy atom. The minimum Gasteiger partial charge on any atom is -0.508 e. The van der Waals surface area contributed by atoms with Gasteiger partial charge in [0.05, 0.1) is 5.92 Å². The molecule has 0 radical (unpaired) electrons. The molecule has 0 saturated carbocycles. The maximum absolute atomic E-state index is 13.1. The summed E-state index contributed by atoms with van der Waals surface area (Å²) in [5.41, 5.74) is 2.27. The Labute approximate surface area is 248 Å². The fourth-order valence-corrected chi connectivity index (χ4v) is 7.34. The number of fused-ring (bicyclic) bond motifs is 1. The summed E-state index contributed by atoms with van der Waals surface area (Å²) in [7, 11) is 0. The second-order valence-corrected chi connectivity index (χ2v) is 12.7. The Morgan fingerprint density at radius 1 is 0.881 bits per heavy atom. The Hall–Kier alpha value is -2.49. The number of aliphatic carboxylic acids is 1. The van der Waals surface area contributed by atoms with Crippen molar-refractivity contribution in [2.45, 2.75) is 112 Å². The van der Waals surface area contributed by atoms with Crippen LogP contribution in [0.5, 0.6) is 11.5 Å². The third-order valence-corrected chi connectivity index (χ3v) is 9.96. The van der Waals surface area contributed by atoms with E-state index in [0.717, 1.165) is 55.6 Å². The zero-order chi connectivity index (χ0) is 31.0. The molecule has 0 aliphatic carbocycles. The molecule has 0 spiro atoms. The molecule has 4 nitrogen and oxygen atoms in total. The van der Waals surface area contributed by atoms with Crippen LogP contribution in [-0.2, 0) is 10.2 Å². The average molecular weight is 617 g/mol. The maximum Gasteiger partial charge on any atom is 0.453 e. The molecule has 0 aromatic heterocycles. The van der Waals surface area contributed by atoms with Crippen LogP contribution in [-0.4, -0.2) is 39.1 Å². The van der Waals surface area contributed by atoms with Gasteiger partial charge < -0.3 is 15.3 Å². The van der Waals surface area contributed by atoms with E-state index < -0.39 is 36.8 Å². The van der Waals surface area contributed by atoms with Gasteiger partial charge >= 0.3 is 18.1 Å². The molecule has 0 bridgehead atoms. The standard InChI is InChI=1S/C32H41F5O4S/c1-30(23-13-15-24(38)16-14-23)21-42-28-20-25(39)17-18-26(28)27(30)12-8-6-4-2-3-5-7-10-22(29(40)41)11-9-19-31(33,34)32(35,36)37/h13-18,20,22,27,38-39H,2-12,19,21H2,1H3,(H,40,41)/t22-,27-,30-/m1/s1. The Balaban J connectivity index is 1.41. The first kappa shape index (κ1) is 34.0. The second kappa shape index (κ2) is 14.8. The van der Waals surface area contributed by atoms with E-state index in [0.29, 0.717) is 6.42 Å². The normalized spacial score (nSPS) is 19.8. The number of unbranched alkanes of at least 4 members (excludes halogenated alkanes) is 6. The molecule has 1 heterocycles. The molecule has 10 heteroatoms. The molecule has 3 atom stereocenters. The number of alkyl halides is 5. The fraction of sp³-hybridized carbons (Fsp3) is 0.594. The van der Waals surface area contributed by atoms with Crippen LogP contribution in [0.1, 0.15) is 101 Å². The van der Waals surface area contributed by atoms with Crippen molar-refractivity contribution < 1.29 is 42.1 Å². The molecular weight excluding hydrogens is 575 g/mol. The van der Waals surface area contributed by atoms with Crippen molar-refractivity contribution in [3.05, 3.63) is 53.6 Å². The zero-order valence-corrected chi connectivity index (χ0v) is 24.8. The Bertz CT molecular complexity index is 1150. The summed E-state index contributed by atoms with van der Waals surface area (Å²) in [6.45, 7) is 2.26. The highest BCUT2D eigenvalue weighted by molar-refractivity contribution is 7.99. The van der Waals surface area contributed by atoms with Crippen LogP contribution in [0, 0.1) is 5.92 Å². The van der Waals surface area contributed by atoms with E-state index in [4.69, 9.17) is 0 Å². The number of hydrogen-bond acceptors (Lipinski definition) is 4. The Morgan fingerprint density at radius 3 is 2.07 bits per heavy atom. The quantitative estimate of drug-likeness (QED) is 0.129. The van der Waals surface area contributed by atoms with Gasteiger partial charge in [0.15, 0.2) is 0 Å². The highest BCUT2D eigenvalue weighted by Crippen LogP contribution is 2.52. The molecule has 1 aliphatic heterocycles. The summed E-state index contributed by atoms with van der Waals surface area (Å²) in [5, 5.41) is 29.1. The van der Waals surface area contributed by atoms with Crippen LogP contribution >= 0.6 is 11.8 Å². The Kier molecular flexibility index (Phi) is 12.0. The lowest BCUT2D eigenvalue weighted by atomic mass is 9.68. The molecule has 2 aromatic carbocycles. The lowest BCUT2D eigenvalue weighted by molar-refractivity contribution is -0.284. The second-order valence-electron chi connectivity index (χ2n) is 11.7. The number of carbonyl (C=O) groups is 1. The first-order valence-electron chi connectivity index (χ1n) is 14.7. The summed E-state index contributed by atoms with van der Waals surface area (Å²) in [6.07, 6.45) is -0.0611. The van der Waals surface area contributed by atoms with Crippen molar-refractivity contribution in [1.82, 2.24) is 0 Å². The van der Waals surface area contributed by atoms with Gasteiger partial charge in [-0.05, 0) is 67.0 Å². The number of rotatable bonds is 16. The molecule has 3 N–H and O–H groups in total. The van der Waals surface area contributed by atoms with Crippen molar-refractivity contribution in [1.29, 1.82) is 0 Å². The summed E-state index contributed by atoms with van der Waals surface area (Å²) in [5.74, 6) is -5.24. The fourth-order valence-electron chi connectivity index (χ4n) is 5.93. The number of carboxylic acids is 1. The zero-order valence-electron chi connectivity index (χ0n) is 23.9. The molecule has 0 saturated heterocycles. The molecule has 1 aliphatic rings. The van der Waals surface area contributed by atoms with Gasteiger partial charge in [0.2, 0.25) is 0 Å².